The second-order valence-electron chi connectivity index (χ2n) is 5.85. The van der Waals surface area contributed by atoms with E-state index in [0.29, 0.717) is 31.2 Å². The number of hydrogen-bond donors (Lipinski definition) is 2. The van der Waals surface area contributed by atoms with E-state index < -0.39 is 11.4 Å². The summed E-state index contributed by atoms with van der Waals surface area (Å²) in [6.45, 7) is 0. The average molecular weight is 402 g/mol. The first-order chi connectivity index (χ1) is 13.0. The van der Waals surface area contributed by atoms with Gasteiger partial charge in [-0.3, -0.25) is 4.79 Å². The van der Waals surface area contributed by atoms with Crippen LogP contribution in [0.1, 0.15) is 0 Å². The molecule has 2 heterocycles. The molecule has 4 nitrogen and oxygen atoms in total. The summed E-state index contributed by atoms with van der Waals surface area (Å²) in [4.78, 5) is 15.7. The van der Waals surface area contributed by atoms with E-state index in [1.54, 1.807) is 30.3 Å². The van der Waals surface area contributed by atoms with Crippen LogP contribution in [0.3, 0.4) is 0 Å². The van der Waals surface area contributed by atoms with Crippen molar-refractivity contribution in [3.05, 3.63) is 69.0 Å². The minimum atomic E-state index is -0.544. The average Bonchev–Trinajstić information content (AvgIpc) is 2.98. The van der Waals surface area contributed by atoms with E-state index >= 15 is 0 Å². The maximum atomic E-state index is 14.2. The summed E-state index contributed by atoms with van der Waals surface area (Å²) in [5.74, 6) is -0.621. The number of benzene rings is 2. The normalized spacial score (nSPS) is 11.1. The van der Waals surface area contributed by atoms with E-state index in [-0.39, 0.29) is 17.1 Å². The molecule has 0 amide bonds. The number of fused-ring (bicyclic) bond motifs is 1. The molecule has 4 aromatic rings. The monoisotopic (exact) mass is 401 g/mol. The fourth-order valence-corrected chi connectivity index (χ4v) is 4.45. The highest BCUT2D eigenvalue weighted by atomic mass is 35.5. The van der Waals surface area contributed by atoms with Gasteiger partial charge in [0.05, 0.1) is 18.1 Å². The number of ether oxygens (including phenoxy) is 1. The molecule has 4 rings (SSSR count). The summed E-state index contributed by atoms with van der Waals surface area (Å²) in [6, 6.07) is 13.3. The van der Waals surface area contributed by atoms with Crippen molar-refractivity contribution >= 4 is 33.2 Å². The molecule has 2 N–H and O–H groups in total. The van der Waals surface area contributed by atoms with E-state index in [0.717, 1.165) is 11.3 Å². The van der Waals surface area contributed by atoms with Crippen molar-refractivity contribution in [1.82, 2.24) is 4.98 Å². The van der Waals surface area contributed by atoms with Gasteiger partial charge in [-0.15, -0.1) is 11.3 Å². The Labute approximate surface area is 162 Å². The van der Waals surface area contributed by atoms with Crippen molar-refractivity contribution < 1.29 is 14.2 Å². The van der Waals surface area contributed by atoms with Gasteiger partial charge in [0.2, 0.25) is 0 Å². The molecule has 2 aromatic carbocycles. The third-order valence-electron chi connectivity index (χ3n) is 4.30. The van der Waals surface area contributed by atoms with E-state index in [1.165, 1.54) is 19.2 Å². The standard InChI is InChI=1S/C20H13ClFNO3S/c1-26-13-8-7-11(9-12(13)22)14-16-17(24)15(10-5-3-2-4-6-10)19(25)23-20(16)27-18(14)21/h2-9H,1H3,(H2,23,24,25). The zero-order valence-corrected chi connectivity index (χ0v) is 15.6. The van der Waals surface area contributed by atoms with E-state index in [2.05, 4.69) is 4.98 Å². The SMILES string of the molecule is COc1ccc(-c2c(Cl)sc3[nH]c(=O)c(-c4ccccc4)c(O)c23)cc1F. The van der Waals surface area contributed by atoms with Gasteiger partial charge >= 0.3 is 0 Å². The van der Waals surface area contributed by atoms with Gasteiger partial charge in [-0.2, -0.15) is 0 Å². The zero-order valence-electron chi connectivity index (χ0n) is 14.0. The Bertz CT molecular complexity index is 1220. The fraction of sp³-hybridized carbons (Fsp3) is 0.0500. The van der Waals surface area contributed by atoms with Crippen LogP contribution < -0.4 is 10.3 Å². The van der Waals surface area contributed by atoms with Crippen LogP contribution in [0.25, 0.3) is 32.5 Å². The van der Waals surface area contributed by atoms with Crippen LogP contribution in [0.5, 0.6) is 11.5 Å². The number of H-pyrrole nitrogens is 1. The zero-order chi connectivity index (χ0) is 19.1. The van der Waals surface area contributed by atoms with E-state index in [1.807, 2.05) is 6.07 Å². The molecule has 0 spiro atoms. The van der Waals surface area contributed by atoms with E-state index in [4.69, 9.17) is 16.3 Å². The summed E-state index contributed by atoms with van der Waals surface area (Å²) in [7, 11) is 1.38. The molecule has 7 heteroatoms. The second kappa shape index (κ2) is 6.72. The van der Waals surface area contributed by atoms with Gasteiger partial charge in [0.25, 0.3) is 5.56 Å². The summed E-state index contributed by atoms with van der Waals surface area (Å²) >= 11 is 7.50. The molecule has 2 aromatic heterocycles. The maximum Gasteiger partial charge on any atom is 0.260 e. The van der Waals surface area contributed by atoms with Crippen molar-refractivity contribution in [3.8, 4) is 33.8 Å². The van der Waals surface area contributed by atoms with Crippen molar-refractivity contribution in [1.29, 1.82) is 0 Å². The van der Waals surface area contributed by atoms with E-state index in [9.17, 15) is 14.3 Å². The number of rotatable bonds is 3. The molecule has 0 fully saturated rings. The first-order valence-electron chi connectivity index (χ1n) is 7.98. The molecule has 0 saturated carbocycles. The summed E-state index contributed by atoms with van der Waals surface area (Å²) in [5.41, 5.74) is 1.24. The lowest BCUT2D eigenvalue weighted by atomic mass is 10.0. The Morgan fingerprint density at radius 3 is 2.52 bits per heavy atom. The number of thiophene rings is 1. The Kier molecular flexibility index (Phi) is 4.37. The van der Waals surface area contributed by atoms with Crippen molar-refractivity contribution in [2.24, 2.45) is 0 Å². The molecular formula is C20H13ClFNO3S. The smallest absolute Gasteiger partial charge is 0.260 e. The number of nitrogens with one attached hydrogen (secondary N) is 1. The van der Waals surface area contributed by atoms with Gasteiger partial charge in [0, 0.05) is 5.56 Å². The summed E-state index contributed by atoms with van der Waals surface area (Å²) in [5, 5.41) is 11.3. The number of hydrogen-bond acceptors (Lipinski definition) is 4. The van der Waals surface area contributed by atoms with Crippen molar-refractivity contribution in [2.45, 2.75) is 0 Å². The number of methoxy groups -OCH3 is 1. The van der Waals surface area contributed by atoms with Gasteiger partial charge in [-0.1, -0.05) is 48.0 Å². The van der Waals surface area contributed by atoms with Crippen LogP contribution in [0, 0.1) is 5.82 Å². The van der Waals surface area contributed by atoms with Gasteiger partial charge in [0.15, 0.2) is 11.6 Å². The Hall–Kier alpha value is -2.83. The fourth-order valence-electron chi connectivity index (χ4n) is 3.07. The molecule has 0 saturated heterocycles. The van der Waals surface area contributed by atoms with Crippen LogP contribution >= 0.6 is 22.9 Å². The van der Waals surface area contributed by atoms with Crippen LogP contribution in [0.2, 0.25) is 4.34 Å². The second-order valence-corrected chi connectivity index (χ2v) is 7.47. The van der Waals surface area contributed by atoms with Crippen molar-refractivity contribution in [2.75, 3.05) is 7.11 Å². The number of aromatic amines is 1. The number of aromatic hydroxyl groups is 1. The van der Waals surface area contributed by atoms with Crippen LogP contribution in [0.4, 0.5) is 4.39 Å². The molecule has 0 aliphatic heterocycles. The van der Waals surface area contributed by atoms with Crippen LogP contribution in [0.15, 0.2) is 53.3 Å². The molecule has 0 aliphatic rings. The topological polar surface area (TPSA) is 62.3 Å². The first kappa shape index (κ1) is 17.6. The maximum absolute atomic E-state index is 14.2. The lowest BCUT2D eigenvalue weighted by molar-refractivity contribution is 0.386. The van der Waals surface area contributed by atoms with Crippen molar-refractivity contribution in [3.63, 3.8) is 0 Å². The number of pyridine rings is 1. The molecule has 27 heavy (non-hydrogen) atoms. The summed E-state index contributed by atoms with van der Waals surface area (Å²) < 4.78 is 19.5. The molecular weight excluding hydrogens is 389 g/mol. The summed E-state index contributed by atoms with van der Waals surface area (Å²) in [6.07, 6.45) is 0. The minimum Gasteiger partial charge on any atom is -0.506 e. The highest BCUT2D eigenvalue weighted by molar-refractivity contribution is 7.23. The predicted octanol–water partition coefficient (Wildman–Crippen LogP) is 5.43. The molecule has 0 aliphatic carbocycles. The molecule has 0 radical (unpaired) electrons. The number of aromatic nitrogens is 1. The Morgan fingerprint density at radius 2 is 1.85 bits per heavy atom. The largest absolute Gasteiger partial charge is 0.506 e. The quantitative estimate of drug-likeness (QED) is 0.481. The first-order valence-corrected chi connectivity index (χ1v) is 9.17. The number of halogens is 2. The minimum absolute atomic E-state index is 0.108. The van der Waals surface area contributed by atoms with Crippen LogP contribution in [-0.2, 0) is 0 Å². The highest BCUT2D eigenvalue weighted by Crippen LogP contribution is 2.47. The van der Waals surface area contributed by atoms with Gasteiger partial charge in [-0.25, -0.2) is 4.39 Å². The highest BCUT2D eigenvalue weighted by Gasteiger charge is 2.22. The van der Waals surface area contributed by atoms with Gasteiger partial charge < -0.3 is 14.8 Å². The molecule has 136 valence electrons. The van der Waals surface area contributed by atoms with Gasteiger partial charge in [-0.05, 0) is 23.3 Å². The third-order valence-corrected chi connectivity index (χ3v) is 5.61. The Balaban J connectivity index is 2.04. The molecule has 0 atom stereocenters. The predicted molar refractivity (Wildman–Crippen MR) is 107 cm³/mol. The molecule has 0 unspecified atom stereocenters. The lowest BCUT2D eigenvalue weighted by Crippen LogP contribution is -2.08. The molecule has 0 bridgehead atoms. The third kappa shape index (κ3) is 2.87. The van der Waals surface area contributed by atoms with Gasteiger partial charge in [0.1, 0.15) is 14.9 Å². The van der Waals surface area contributed by atoms with Crippen LogP contribution in [-0.4, -0.2) is 17.2 Å². The Morgan fingerprint density at radius 1 is 1.11 bits per heavy atom. The lowest BCUT2D eigenvalue weighted by Gasteiger charge is -2.09.